The van der Waals surface area contributed by atoms with Crippen LogP contribution in [0.25, 0.3) is 0 Å². The molecule has 1 aliphatic heterocycles. The Labute approximate surface area is 153 Å². The van der Waals surface area contributed by atoms with Gasteiger partial charge in [0.2, 0.25) is 5.82 Å². The zero-order valence-corrected chi connectivity index (χ0v) is 14.5. The lowest BCUT2D eigenvalue weighted by Gasteiger charge is -2.20. The van der Waals surface area contributed by atoms with Crippen LogP contribution >= 0.6 is 0 Å². The van der Waals surface area contributed by atoms with Gasteiger partial charge in [-0.15, -0.1) is 10.2 Å². The Morgan fingerprint density at radius 2 is 2.04 bits per heavy atom. The number of H-pyrrole nitrogens is 1. The number of aromatic amines is 1. The molecular weight excluding hydrogens is 357 g/mol. The highest BCUT2D eigenvalue weighted by atomic mass is 19.3. The third kappa shape index (κ3) is 4.13. The van der Waals surface area contributed by atoms with E-state index >= 15 is 0 Å². The number of hydrazone groups is 1. The first-order valence-corrected chi connectivity index (χ1v) is 8.11. The molecule has 140 valence electrons. The van der Waals surface area contributed by atoms with E-state index < -0.39 is 11.7 Å². The minimum absolute atomic E-state index is 0.0338. The van der Waals surface area contributed by atoms with Gasteiger partial charge in [-0.25, -0.2) is 4.39 Å². The van der Waals surface area contributed by atoms with Crippen molar-refractivity contribution in [2.75, 3.05) is 6.54 Å². The van der Waals surface area contributed by atoms with Crippen molar-refractivity contribution in [3.8, 4) is 0 Å². The molecule has 0 saturated heterocycles. The lowest BCUT2D eigenvalue weighted by atomic mass is 10.1. The zero-order chi connectivity index (χ0) is 19.4. The largest absolute Gasteiger partial charge is 0.335 e. The molecule has 0 bridgehead atoms. The fraction of sp³-hybridized carbons (Fsp3) is 0.222. The van der Waals surface area contributed by atoms with Gasteiger partial charge >= 0.3 is 5.92 Å². The summed E-state index contributed by atoms with van der Waals surface area (Å²) in [7, 11) is 0. The highest BCUT2D eigenvalue weighted by Gasteiger charge is 2.40. The van der Waals surface area contributed by atoms with E-state index in [-0.39, 0.29) is 24.5 Å². The Bertz CT molecular complexity index is 915. The van der Waals surface area contributed by atoms with Crippen LogP contribution in [0, 0.1) is 5.82 Å². The Morgan fingerprint density at radius 3 is 2.74 bits per heavy atom. The molecular formula is C18H17F3N6. The summed E-state index contributed by atoms with van der Waals surface area (Å²) in [5, 5.41) is 17.9. The summed E-state index contributed by atoms with van der Waals surface area (Å²) in [4.78, 5) is 0. The smallest absolute Gasteiger partial charge is 0.288 e. The molecule has 1 aromatic carbocycles. The van der Waals surface area contributed by atoms with E-state index in [1.54, 1.807) is 25.1 Å². The van der Waals surface area contributed by atoms with Crippen molar-refractivity contribution in [1.29, 1.82) is 0 Å². The van der Waals surface area contributed by atoms with Crippen molar-refractivity contribution in [1.82, 2.24) is 25.6 Å². The predicted octanol–water partition coefficient (Wildman–Crippen LogP) is 3.36. The summed E-state index contributed by atoms with van der Waals surface area (Å²) in [6.45, 7) is 5.70. The third-order valence-corrected chi connectivity index (χ3v) is 4.04. The highest BCUT2D eigenvalue weighted by Crippen LogP contribution is 2.34. The molecule has 6 nitrogen and oxygen atoms in total. The number of hydrogen-bond acceptors (Lipinski definition) is 5. The van der Waals surface area contributed by atoms with Crippen molar-refractivity contribution >= 4 is 5.71 Å². The van der Waals surface area contributed by atoms with E-state index in [2.05, 4.69) is 27.1 Å². The maximum atomic E-state index is 14.7. The molecule has 0 radical (unpaired) electrons. The van der Waals surface area contributed by atoms with Crippen molar-refractivity contribution in [3.05, 3.63) is 77.4 Å². The Hall–Kier alpha value is -3.23. The molecule has 0 spiro atoms. The van der Waals surface area contributed by atoms with E-state index in [0.29, 0.717) is 16.8 Å². The Morgan fingerprint density at radius 1 is 1.26 bits per heavy atom. The average Bonchev–Trinajstić information content (AvgIpc) is 3.18. The molecule has 1 aliphatic rings. The molecule has 27 heavy (non-hydrogen) atoms. The van der Waals surface area contributed by atoms with Gasteiger partial charge in [0, 0.05) is 11.1 Å². The van der Waals surface area contributed by atoms with Gasteiger partial charge < -0.3 is 0 Å². The second-order valence-electron chi connectivity index (χ2n) is 5.95. The number of aromatic nitrogens is 4. The first kappa shape index (κ1) is 18.6. The van der Waals surface area contributed by atoms with Gasteiger partial charge in [0.05, 0.1) is 18.8 Å². The summed E-state index contributed by atoms with van der Waals surface area (Å²) in [5.41, 5.74) is 1.09. The van der Waals surface area contributed by atoms with Crippen LogP contribution in [0.3, 0.4) is 0 Å². The summed E-state index contributed by atoms with van der Waals surface area (Å²) >= 11 is 0. The normalized spacial score (nSPS) is 18.8. The fourth-order valence-corrected chi connectivity index (χ4v) is 2.48. The molecule has 0 amide bonds. The lowest BCUT2D eigenvalue weighted by Crippen LogP contribution is -2.22. The molecule has 0 unspecified atom stereocenters. The number of tetrazole rings is 1. The number of nitrogens with one attached hydrogen (secondary N) is 1. The number of halogens is 3. The van der Waals surface area contributed by atoms with E-state index in [9.17, 15) is 13.2 Å². The van der Waals surface area contributed by atoms with Gasteiger partial charge in [-0.2, -0.15) is 19.1 Å². The first-order chi connectivity index (χ1) is 12.9. The van der Waals surface area contributed by atoms with Crippen LogP contribution in [0.15, 0.2) is 65.3 Å². The molecule has 2 aromatic rings. The zero-order valence-electron chi connectivity index (χ0n) is 14.5. The predicted molar refractivity (Wildman–Crippen MR) is 94.4 cm³/mol. The third-order valence-electron chi connectivity index (χ3n) is 4.04. The molecule has 3 rings (SSSR count). The average molecular weight is 374 g/mol. The molecule has 9 heteroatoms. The number of allylic oxidation sites excluding steroid dienone is 4. The number of nitrogens with zero attached hydrogens (tertiary/aromatic N) is 5. The lowest BCUT2D eigenvalue weighted by molar-refractivity contribution is 0.0314. The summed E-state index contributed by atoms with van der Waals surface area (Å²) in [6, 6.07) is 6.26. The van der Waals surface area contributed by atoms with Crippen LogP contribution in [0.1, 0.15) is 18.3 Å². The van der Waals surface area contributed by atoms with Crippen LogP contribution in [-0.2, 0) is 12.5 Å². The van der Waals surface area contributed by atoms with Crippen molar-refractivity contribution in [2.24, 2.45) is 5.10 Å². The quantitative estimate of drug-likeness (QED) is 0.891. The number of alkyl halides is 2. The van der Waals surface area contributed by atoms with Crippen LogP contribution in [0.4, 0.5) is 13.2 Å². The Kier molecular flexibility index (Phi) is 5.20. The minimum atomic E-state index is -3.45. The number of benzene rings is 1. The monoisotopic (exact) mass is 374 g/mol. The summed E-state index contributed by atoms with van der Waals surface area (Å²) in [5.74, 6) is -4.57. The molecule has 0 aliphatic carbocycles. The van der Waals surface area contributed by atoms with Crippen molar-refractivity contribution in [2.45, 2.75) is 19.4 Å². The van der Waals surface area contributed by atoms with Gasteiger partial charge in [-0.3, -0.25) is 5.01 Å². The minimum Gasteiger partial charge on any atom is -0.288 e. The van der Waals surface area contributed by atoms with E-state index in [1.165, 1.54) is 29.3 Å². The van der Waals surface area contributed by atoms with Crippen LogP contribution < -0.4 is 0 Å². The van der Waals surface area contributed by atoms with Crippen molar-refractivity contribution < 1.29 is 13.2 Å². The van der Waals surface area contributed by atoms with E-state index in [1.807, 2.05) is 5.21 Å². The second-order valence-corrected chi connectivity index (χ2v) is 5.95. The van der Waals surface area contributed by atoms with E-state index in [4.69, 9.17) is 0 Å². The summed E-state index contributed by atoms with van der Waals surface area (Å²) < 4.78 is 43.4. The van der Waals surface area contributed by atoms with Crippen molar-refractivity contribution in [3.63, 3.8) is 0 Å². The van der Waals surface area contributed by atoms with Crippen LogP contribution in [0.5, 0.6) is 0 Å². The number of rotatable bonds is 4. The van der Waals surface area contributed by atoms with Gasteiger partial charge in [0.1, 0.15) is 5.82 Å². The SMILES string of the molecule is C=C1/C=C\C(C(F)(F)c2nn[nH]n2)=C/CN(Cc2ccccc2F)N=C1C. The standard InChI is InChI=1S/C18H17F3N6/c1-12-7-8-15(18(20,21)17-22-25-26-23-17)9-10-27(24-13(12)2)11-14-5-3-4-6-16(14)19/h3-9H,1,10-11H2,2H3,(H,22,23,25,26)/b8-7-,15-9+,24-13?. The fourth-order valence-electron chi connectivity index (χ4n) is 2.48. The molecule has 0 atom stereocenters. The van der Waals surface area contributed by atoms with Crippen LogP contribution in [0.2, 0.25) is 0 Å². The summed E-state index contributed by atoms with van der Waals surface area (Å²) in [6.07, 6.45) is 4.01. The Balaban J connectivity index is 1.94. The van der Waals surface area contributed by atoms with Gasteiger partial charge in [0.15, 0.2) is 0 Å². The molecule has 1 N–H and O–H groups in total. The van der Waals surface area contributed by atoms with Gasteiger partial charge in [0.25, 0.3) is 0 Å². The topological polar surface area (TPSA) is 70.1 Å². The second kappa shape index (κ2) is 7.56. The molecule has 0 fully saturated rings. The van der Waals surface area contributed by atoms with Gasteiger partial charge in [-0.05, 0) is 23.8 Å². The van der Waals surface area contributed by atoms with E-state index in [0.717, 1.165) is 0 Å². The molecule has 0 saturated carbocycles. The number of hydrogen-bond donors (Lipinski definition) is 1. The molecule has 1 aromatic heterocycles. The van der Waals surface area contributed by atoms with Crippen LogP contribution in [-0.4, -0.2) is 37.9 Å². The first-order valence-electron chi connectivity index (χ1n) is 8.11. The van der Waals surface area contributed by atoms with Gasteiger partial charge in [-0.1, -0.05) is 43.0 Å². The maximum absolute atomic E-state index is 14.7. The highest BCUT2D eigenvalue weighted by molar-refractivity contribution is 6.00. The maximum Gasteiger partial charge on any atom is 0.335 e. The molecule has 2 heterocycles.